The number of hydrogen-bond acceptors (Lipinski definition) is 3. The average molecular weight is 234 g/mol. The lowest BCUT2D eigenvalue weighted by Gasteiger charge is -2.16. The van der Waals surface area contributed by atoms with E-state index in [2.05, 4.69) is 5.32 Å². The summed E-state index contributed by atoms with van der Waals surface area (Å²) in [6.45, 7) is 2.54. The molecule has 0 aromatic heterocycles. The summed E-state index contributed by atoms with van der Waals surface area (Å²) in [7, 11) is 0. The molecule has 0 bridgehead atoms. The van der Waals surface area contributed by atoms with Crippen molar-refractivity contribution in [1.29, 1.82) is 0 Å². The number of nitrogens with two attached hydrogens (primary N) is 1. The largest absolute Gasteiger partial charge is 0.494 e. The van der Waals surface area contributed by atoms with Gasteiger partial charge in [-0.2, -0.15) is 0 Å². The summed E-state index contributed by atoms with van der Waals surface area (Å²) in [6, 6.07) is 7.54. The summed E-state index contributed by atoms with van der Waals surface area (Å²) < 4.78 is 5.42. The molecule has 17 heavy (non-hydrogen) atoms. The van der Waals surface area contributed by atoms with Gasteiger partial charge in [0.25, 0.3) is 0 Å². The molecule has 2 rings (SSSR count). The average Bonchev–Trinajstić information content (AvgIpc) is 3.10. The molecule has 1 amide bonds. The van der Waals surface area contributed by atoms with Crippen LogP contribution in [-0.4, -0.2) is 18.6 Å². The Kier molecular flexibility index (Phi) is 3.64. The molecular weight excluding hydrogens is 216 g/mol. The molecule has 1 aliphatic rings. The van der Waals surface area contributed by atoms with Gasteiger partial charge in [-0.05, 0) is 37.5 Å². The number of nitrogens with one attached hydrogen (secondary N) is 1. The highest BCUT2D eigenvalue weighted by atomic mass is 16.5. The lowest BCUT2D eigenvalue weighted by molar-refractivity contribution is -0.120. The maximum Gasteiger partial charge on any atom is 0.239 e. The zero-order valence-electron chi connectivity index (χ0n) is 9.98. The van der Waals surface area contributed by atoms with E-state index in [1.807, 2.05) is 31.2 Å². The van der Waals surface area contributed by atoms with Crippen LogP contribution in [0.15, 0.2) is 24.3 Å². The SMILES string of the molecule is CCOc1cccc(C(NC2CC2)C(N)=O)c1. The van der Waals surface area contributed by atoms with Crippen molar-refractivity contribution in [2.45, 2.75) is 31.8 Å². The van der Waals surface area contributed by atoms with Gasteiger partial charge in [-0.15, -0.1) is 0 Å². The number of benzene rings is 1. The first-order chi connectivity index (χ1) is 8.20. The number of amides is 1. The Balaban J connectivity index is 2.15. The zero-order valence-corrected chi connectivity index (χ0v) is 9.98. The van der Waals surface area contributed by atoms with E-state index in [1.165, 1.54) is 0 Å². The molecule has 1 saturated carbocycles. The van der Waals surface area contributed by atoms with Gasteiger partial charge in [0.1, 0.15) is 11.8 Å². The van der Waals surface area contributed by atoms with Gasteiger partial charge >= 0.3 is 0 Å². The van der Waals surface area contributed by atoms with Crippen LogP contribution in [0.25, 0.3) is 0 Å². The molecule has 0 radical (unpaired) electrons. The highest BCUT2D eigenvalue weighted by Gasteiger charge is 2.28. The fourth-order valence-electron chi connectivity index (χ4n) is 1.78. The van der Waals surface area contributed by atoms with E-state index in [4.69, 9.17) is 10.5 Å². The van der Waals surface area contributed by atoms with E-state index >= 15 is 0 Å². The van der Waals surface area contributed by atoms with Gasteiger partial charge in [0.05, 0.1) is 6.61 Å². The van der Waals surface area contributed by atoms with Crippen LogP contribution in [0.4, 0.5) is 0 Å². The second kappa shape index (κ2) is 5.19. The van der Waals surface area contributed by atoms with Gasteiger partial charge < -0.3 is 10.5 Å². The molecule has 0 aliphatic heterocycles. The minimum atomic E-state index is -0.414. The quantitative estimate of drug-likeness (QED) is 0.781. The molecule has 1 unspecified atom stereocenters. The molecule has 4 nitrogen and oxygen atoms in total. The third-order valence-corrected chi connectivity index (χ3v) is 2.77. The van der Waals surface area contributed by atoms with Crippen molar-refractivity contribution in [1.82, 2.24) is 5.32 Å². The van der Waals surface area contributed by atoms with Crippen LogP contribution >= 0.6 is 0 Å². The summed E-state index contributed by atoms with van der Waals surface area (Å²) >= 11 is 0. The predicted octanol–water partition coefficient (Wildman–Crippen LogP) is 1.36. The number of primary amides is 1. The minimum absolute atomic E-state index is 0.342. The summed E-state index contributed by atoms with van der Waals surface area (Å²) in [5, 5.41) is 3.25. The van der Waals surface area contributed by atoms with E-state index in [-0.39, 0.29) is 5.91 Å². The van der Waals surface area contributed by atoms with E-state index in [0.29, 0.717) is 12.6 Å². The Labute approximate surface area is 101 Å². The molecule has 1 fully saturated rings. The molecule has 3 N–H and O–H groups in total. The smallest absolute Gasteiger partial charge is 0.239 e. The first-order valence-corrected chi connectivity index (χ1v) is 5.99. The van der Waals surface area contributed by atoms with Gasteiger partial charge in [-0.3, -0.25) is 10.1 Å². The van der Waals surface area contributed by atoms with Crippen molar-refractivity contribution in [3.63, 3.8) is 0 Å². The molecular formula is C13H18N2O2. The minimum Gasteiger partial charge on any atom is -0.494 e. The van der Waals surface area contributed by atoms with Crippen molar-refractivity contribution in [2.24, 2.45) is 5.73 Å². The van der Waals surface area contributed by atoms with Crippen LogP contribution in [0.1, 0.15) is 31.4 Å². The summed E-state index contributed by atoms with van der Waals surface area (Å²) in [5.74, 6) is 0.430. The molecule has 1 aromatic carbocycles. The summed E-state index contributed by atoms with van der Waals surface area (Å²) in [5.41, 5.74) is 6.30. The van der Waals surface area contributed by atoms with Crippen molar-refractivity contribution in [3.8, 4) is 5.75 Å². The Hall–Kier alpha value is -1.55. The van der Waals surface area contributed by atoms with Crippen molar-refractivity contribution >= 4 is 5.91 Å². The Morgan fingerprint density at radius 1 is 1.59 bits per heavy atom. The van der Waals surface area contributed by atoms with Crippen molar-refractivity contribution in [2.75, 3.05) is 6.61 Å². The molecule has 92 valence electrons. The maximum absolute atomic E-state index is 11.5. The molecule has 0 saturated heterocycles. The van der Waals surface area contributed by atoms with Crippen LogP contribution in [-0.2, 0) is 4.79 Å². The molecule has 0 spiro atoms. The van der Waals surface area contributed by atoms with Gasteiger partial charge in [0.15, 0.2) is 0 Å². The van der Waals surface area contributed by atoms with Crippen LogP contribution in [0.2, 0.25) is 0 Å². The number of carbonyl (C=O) groups excluding carboxylic acids is 1. The monoisotopic (exact) mass is 234 g/mol. The number of ether oxygens (including phenoxy) is 1. The number of carbonyl (C=O) groups is 1. The van der Waals surface area contributed by atoms with Crippen LogP contribution in [0, 0.1) is 0 Å². The van der Waals surface area contributed by atoms with Crippen LogP contribution in [0.5, 0.6) is 5.75 Å². The van der Waals surface area contributed by atoms with E-state index in [0.717, 1.165) is 24.2 Å². The summed E-state index contributed by atoms with van der Waals surface area (Å²) in [6.07, 6.45) is 2.24. The number of hydrogen-bond donors (Lipinski definition) is 2. The van der Waals surface area contributed by atoms with Crippen LogP contribution in [0.3, 0.4) is 0 Å². The lowest BCUT2D eigenvalue weighted by atomic mass is 10.1. The first kappa shape index (κ1) is 11.9. The number of rotatable bonds is 6. The Morgan fingerprint density at radius 3 is 2.94 bits per heavy atom. The normalized spacial score (nSPS) is 16.5. The van der Waals surface area contributed by atoms with Gasteiger partial charge in [0, 0.05) is 6.04 Å². The third kappa shape index (κ3) is 3.20. The highest BCUT2D eigenvalue weighted by molar-refractivity contribution is 5.81. The molecule has 4 heteroatoms. The fourth-order valence-corrected chi connectivity index (χ4v) is 1.78. The van der Waals surface area contributed by atoms with Crippen LogP contribution < -0.4 is 15.8 Å². The maximum atomic E-state index is 11.5. The van der Waals surface area contributed by atoms with E-state index < -0.39 is 6.04 Å². The van der Waals surface area contributed by atoms with E-state index in [9.17, 15) is 4.79 Å². The Morgan fingerprint density at radius 2 is 2.35 bits per heavy atom. The fraction of sp³-hybridized carbons (Fsp3) is 0.462. The second-order valence-electron chi connectivity index (χ2n) is 4.28. The summed E-state index contributed by atoms with van der Waals surface area (Å²) in [4.78, 5) is 11.5. The van der Waals surface area contributed by atoms with Gasteiger partial charge in [-0.1, -0.05) is 12.1 Å². The molecule has 1 atom stereocenters. The van der Waals surface area contributed by atoms with Crippen molar-refractivity contribution in [3.05, 3.63) is 29.8 Å². The van der Waals surface area contributed by atoms with E-state index in [1.54, 1.807) is 0 Å². The molecule has 1 aromatic rings. The zero-order chi connectivity index (χ0) is 12.3. The predicted molar refractivity (Wildman–Crippen MR) is 65.7 cm³/mol. The standard InChI is InChI=1S/C13H18N2O2/c1-2-17-11-5-3-4-9(8-11)12(13(14)16)15-10-6-7-10/h3-5,8,10,12,15H,2,6-7H2,1H3,(H2,14,16). The van der Waals surface area contributed by atoms with Crippen molar-refractivity contribution < 1.29 is 9.53 Å². The third-order valence-electron chi connectivity index (χ3n) is 2.77. The van der Waals surface area contributed by atoms with Gasteiger partial charge in [0.2, 0.25) is 5.91 Å². The highest BCUT2D eigenvalue weighted by Crippen LogP contribution is 2.25. The second-order valence-corrected chi connectivity index (χ2v) is 4.28. The Bertz CT molecular complexity index is 402. The molecule has 0 heterocycles. The topological polar surface area (TPSA) is 64.3 Å². The molecule has 1 aliphatic carbocycles. The van der Waals surface area contributed by atoms with Gasteiger partial charge in [-0.25, -0.2) is 0 Å². The lowest BCUT2D eigenvalue weighted by Crippen LogP contribution is -2.34. The first-order valence-electron chi connectivity index (χ1n) is 5.99.